The molecule has 2 aromatic rings. The summed E-state index contributed by atoms with van der Waals surface area (Å²) in [5, 5.41) is 6.11. The monoisotopic (exact) mass is 346 g/mol. The van der Waals surface area contributed by atoms with E-state index >= 15 is 0 Å². The van der Waals surface area contributed by atoms with Crippen molar-refractivity contribution in [2.45, 2.75) is 6.92 Å². The van der Waals surface area contributed by atoms with Crippen LogP contribution in [0.5, 0.6) is 0 Å². The number of anilines is 1. The fourth-order valence-corrected chi connectivity index (χ4v) is 2.28. The average Bonchev–Trinajstić information content (AvgIpc) is 2.59. The van der Waals surface area contributed by atoms with Crippen LogP contribution < -0.4 is 10.6 Å². The van der Waals surface area contributed by atoms with Gasteiger partial charge in [0, 0.05) is 35.5 Å². The zero-order valence-corrected chi connectivity index (χ0v) is 14.3. The molecule has 0 aliphatic carbocycles. The lowest BCUT2D eigenvalue weighted by Gasteiger charge is -2.10. The van der Waals surface area contributed by atoms with Crippen LogP contribution in [0.2, 0.25) is 5.02 Å². The van der Waals surface area contributed by atoms with E-state index in [0.29, 0.717) is 35.0 Å². The first kappa shape index (κ1) is 18.0. The van der Waals surface area contributed by atoms with Crippen molar-refractivity contribution in [2.24, 2.45) is 0 Å². The average molecular weight is 347 g/mol. The van der Waals surface area contributed by atoms with Gasteiger partial charge in [0.05, 0.1) is 6.61 Å². The predicted octanol–water partition coefficient (Wildman–Crippen LogP) is 3.28. The molecule has 0 atom stereocenters. The molecule has 2 N–H and O–H groups in total. The van der Waals surface area contributed by atoms with Gasteiger partial charge >= 0.3 is 0 Å². The maximum atomic E-state index is 12.4. The SMILES string of the molecule is COCCNC(=O)c1cccc(C(=O)Nc2cccc(Cl)c2C)c1. The van der Waals surface area contributed by atoms with Crippen LogP contribution in [0.25, 0.3) is 0 Å². The molecule has 5 nitrogen and oxygen atoms in total. The van der Waals surface area contributed by atoms with Gasteiger partial charge in [-0.3, -0.25) is 9.59 Å². The Morgan fingerprint density at radius 2 is 1.75 bits per heavy atom. The molecule has 0 saturated carbocycles. The Morgan fingerprint density at radius 3 is 2.46 bits per heavy atom. The molecule has 24 heavy (non-hydrogen) atoms. The van der Waals surface area contributed by atoms with E-state index in [-0.39, 0.29) is 11.8 Å². The standard InChI is InChI=1S/C18H19ClN2O3/c1-12-15(19)7-4-8-16(12)21-18(23)14-6-3-5-13(11-14)17(22)20-9-10-24-2/h3-8,11H,9-10H2,1-2H3,(H,20,22)(H,21,23). The molecule has 2 rings (SSSR count). The van der Waals surface area contributed by atoms with Gasteiger partial charge in [-0.05, 0) is 42.8 Å². The predicted molar refractivity (Wildman–Crippen MR) is 94.8 cm³/mol. The minimum Gasteiger partial charge on any atom is -0.383 e. The molecule has 0 bridgehead atoms. The number of amides is 2. The van der Waals surface area contributed by atoms with Crippen molar-refractivity contribution in [1.82, 2.24) is 5.32 Å². The van der Waals surface area contributed by atoms with Crippen molar-refractivity contribution in [2.75, 3.05) is 25.6 Å². The summed E-state index contributed by atoms with van der Waals surface area (Å²) < 4.78 is 4.89. The fraction of sp³-hybridized carbons (Fsp3) is 0.222. The first-order valence-electron chi connectivity index (χ1n) is 7.46. The van der Waals surface area contributed by atoms with Crippen LogP contribution >= 0.6 is 11.6 Å². The quantitative estimate of drug-likeness (QED) is 0.789. The zero-order valence-electron chi connectivity index (χ0n) is 13.6. The zero-order chi connectivity index (χ0) is 17.5. The van der Waals surface area contributed by atoms with Crippen LogP contribution in [-0.4, -0.2) is 32.1 Å². The van der Waals surface area contributed by atoms with Crippen molar-refractivity contribution in [3.63, 3.8) is 0 Å². The first-order valence-corrected chi connectivity index (χ1v) is 7.84. The number of halogens is 1. The van der Waals surface area contributed by atoms with Gasteiger partial charge in [0.25, 0.3) is 11.8 Å². The van der Waals surface area contributed by atoms with Crippen LogP contribution in [0.1, 0.15) is 26.3 Å². The molecule has 0 radical (unpaired) electrons. The summed E-state index contributed by atoms with van der Waals surface area (Å²) in [6.07, 6.45) is 0. The summed E-state index contributed by atoms with van der Waals surface area (Å²) in [5.74, 6) is -0.549. The van der Waals surface area contributed by atoms with E-state index in [2.05, 4.69) is 10.6 Å². The van der Waals surface area contributed by atoms with Gasteiger partial charge in [0.15, 0.2) is 0 Å². The molecule has 0 unspecified atom stereocenters. The number of ether oxygens (including phenoxy) is 1. The lowest BCUT2D eigenvalue weighted by atomic mass is 10.1. The van der Waals surface area contributed by atoms with Crippen molar-refractivity contribution >= 4 is 29.1 Å². The Hall–Kier alpha value is -2.37. The molecule has 0 saturated heterocycles. The molecule has 126 valence electrons. The molecular formula is C18H19ClN2O3. The van der Waals surface area contributed by atoms with Gasteiger partial charge < -0.3 is 15.4 Å². The number of methoxy groups -OCH3 is 1. The Labute approximate surface area is 146 Å². The van der Waals surface area contributed by atoms with Crippen LogP contribution in [0.4, 0.5) is 5.69 Å². The normalized spacial score (nSPS) is 10.3. The molecule has 2 amide bonds. The summed E-state index contributed by atoms with van der Waals surface area (Å²) in [5.41, 5.74) is 2.25. The Kier molecular flexibility index (Phi) is 6.35. The fourth-order valence-electron chi connectivity index (χ4n) is 2.11. The number of benzene rings is 2. The number of nitrogens with one attached hydrogen (secondary N) is 2. The van der Waals surface area contributed by atoms with Gasteiger partial charge in [-0.2, -0.15) is 0 Å². The van der Waals surface area contributed by atoms with E-state index < -0.39 is 0 Å². The first-order chi connectivity index (χ1) is 11.5. The Bertz CT molecular complexity index is 747. The van der Waals surface area contributed by atoms with Crippen molar-refractivity contribution in [3.05, 3.63) is 64.2 Å². The lowest BCUT2D eigenvalue weighted by Crippen LogP contribution is -2.27. The van der Waals surface area contributed by atoms with E-state index in [1.807, 2.05) is 6.92 Å². The van der Waals surface area contributed by atoms with Gasteiger partial charge in [-0.15, -0.1) is 0 Å². The van der Waals surface area contributed by atoms with Crippen LogP contribution in [0, 0.1) is 6.92 Å². The second-order valence-corrected chi connectivity index (χ2v) is 5.60. The molecule has 2 aromatic carbocycles. The third kappa shape index (κ3) is 4.57. The number of hydrogen-bond donors (Lipinski definition) is 2. The summed E-state index contributed by atoms with van der Waals surface area (Å²) in [7, 11) is 1.56. The number of carbonyl (C=O) groups excluding carboxylic acids is 2. The molecule has 0 aliphatic rings. The third-order valence-corrected chi connectivity index (χ3v) is 3.90. The molecule has 0 heterocycles. The van der Waals surface area contributed by atoms with Gasteiger partial charge in [0.1, 0.15) is 0 Å². The van der Waals surface area contributed by atoms with Crippen molar-refractivity contribution in [3.8, 4) is 0 Å². The van der Waals surface area contributed by atoms with E-state index in [0.717, 1.165) is 5.56 Å². The molecule has 0 spiro atoms. The highest BCUT2D eigenvalue weighted by Gasteiger charge is 2.12. The summed E-state index contributed by atoms with van der Waals surface area (Å²) in [6.45, 7) is 2.67. The van der Waals surface area contributed by atoms with E-state index in [9.17, 15) is 9.59 Å². The Morgan fingerprint density at radius 1 is 1.08 bits per heavy atom. The Balaban J connectivity index is 2.11. The molecular weight excluding hydrogens is 328 g/mol. The van der Waals surface area contributed by atoms with Crippen LogP contribution in [0.15, 0.2) is 42.5 Å². The smallest absolute Gasteiger partial charge is 0.255 e. The third-order valence-electron chi connectivity index (χ3n) is 3.49. The highest BCUT2D eigenvalue weighted by atomic mass is 35.5. The number of hydrogen-bond acceptors (Lipinski definition) is 3. The minimum atomic E-state index is -0.299. The summed E-state index contributed by atoms with van der Waals surface area (Å²) in [4.78, 5) is 24.4. The van der Waals surface area contributed by atoms with E-state index in [4.69, 9.17) is 16.3 Å². The van der Waals surface area contributed by atoms with Crippen molar-refractivity contribution in [1.29, 1.82) is 0 Å². The second kappa shape index (κ2) is 8.47. The van der Waals surface area contributed by atoms with Crippen molar-refractivity contribution < 1.29 is 14.3 Å². The van der Waals surface area contributed by atoms with Gasteiger partial charge in [0.2, 0.25) is 0 Å². The molecule has 0 fully saturated rings. The summed E-state index contributed by atoms with van der Waals surface area (Å²) in [6, 6.07) is 11.8. The van der Waals surface area contributed by atoms with Gasteiger partial charge in [-0.1, -0.05) is 23.7 Å². The number of carbonyl (C=O) groups is 2. The van der Waals surface area contributed by atoms with Gasteiger partial charge in [-0.25, -0.2) is 0 Å². The topological polar surface area (TPSA) is 67.4 Å². The summed E-state index contributed by atoms with van der Waals surface area (Å²) >= 11 is 6.06. The molecule has 0 aromatic heterocycles. The van der Waals surface area contributed by atoms with Crippen LogP contribution in [-0.2, 0) is 4.74 Å². The highest BCUT2D eigenvalue weighted by Crippen LogP contribution is 2.23. The number of rotatable bonds is 6. The van der Waals surface area contributed by atoms with E-state index in [1.165, 1.54) is 0 Å². The molecule has 0 aliphatic heterocycles. The second-order valence-electron chi connectivity index (χ2n) is 5.20. The molecule has 6 heteroatoms. The minimum absolute atomic E-state index is 0.249. The van der Waals surface area contributed by atoms with E-state index in [1.54, 1.807) is 49.6 Å². The van der Waals surface area contributed by atoms with Crippen LogP contribution in [0.3, 0.4) is 0 Å². The highest BCUT2D eigenvalue weighted by molar-refractivity contribution is 6.31. The maximum absolute atomic E-state index is 12.4. The largest absolute Gasteiger partial charge is 0.383 e. The lowest BCUT2D eigenvalue weighted by molar-refractivity contribution is 0.0937. The maximum Gasteiger partial charge on any atom is 0.255 e.